The van der Waals surface area contributed by atoms with E-state index in [9.17, 15) is 4.79 Å². The van der Waals surface area contributed by atoms with Gasteiger partial charge in [0, 0.05) is 12.4 Å². The summed E-state index contributed by atoms with van der Waals surface area (Å²) in [4.78, 5) is 17.5. The van der Waals surface area contributed by atoms with E-state index in [1.54, 1.807) is 0 Å². The molecular formula is C20H21N3O. The average Bonchev–Trinajstić information content (AvgIpc) is 2.98. The summed E-state index contributed by atoms with van der Waals surface area (Å²) in [5.41, 5.74) is 3.74. The van der Waals surface area contributed by atoms with E-state index < -0.39 is 0 Å². The second-order valence-corrected chi connectivity index (χ2v) is 6.64. The Morgan fingerprint density at radius 1 is 1.21 bits per heavy atom. The highest BCUT2D eigenvalue weighted by molar-refractivity contribution is 5.89. The third kappa shape index (κ3) is 2.39. The molecule has 0 unspecified atom stereocenters. The van der Waals surface area contributed by atoms with E-state index in [0.717, 1.165) is 41.7 Å². The van der Waals surface area contributed by atoms with Crippen LogP contribution in [0.25, 0.3) is 5.65 Å². The lowest BCUT2D eigenvalue weighted by Gasteiger charge is -2.40. The Balaban J connectivity index is 1.52. The van der Waals surface area contributed by atoms with E-state index in [0.29, 0.717) is 6.54 Å². The van der Waals surface area contributed by atoms with Gasteiger partial charge in [0.25, 0.3) is 0 Å². The fraction of sp³-hybridized carbons (Fsp3) is 0.300. The largest absolute Gasteiger partial charge is 0.350 e. The minimum absolute atomic E-state index is 0.119. The van der Waals surface area contributed by atoms with E-state index in [1.807, 2.05) is 54.0 Å². The molecule has 0 spiro atoms. The summed E-state index contributed by atoms with van der Waals surface area (Å²) < 4.78 is 2.01. The number of amides is 1. The SMILES string of the molecule is Cc1cccn2cc(CNC(=O)C3(c4ccccc4)CCC3)nc12. The highest BCUT2D eigenvalue weighted by Gasteiger charge is 2.45. The maximum absolute atomic E-state index is 12.9. The maximum atomic E-state index is 12.9. The second-order valence-electron chi connectivity index (χ2n) is 6.64. The van der Waals surface area contributed by atoms with Crippen molar-refractivity contribution < 1.29 is 4.79 Å². The predicted molar refractivity (Wildman–Crippen MR) is 93.7 cm³/mol. The molecule has 1 aliphatic carbocycles. The van der Waals surface area contributed by atoms with Crippen molar-refractivity contribution in [2.45, 2.75) is 38.1 Å². The quantitative estimate of drug-likeness (QED) is 0.801. The molecule has 24 heavy (non-hydrogen) atoms. The van der Waals surface area contributed by atoms with Crippen LogP contribution in [0.2, 0.25) is 0 Å². The van der Waals surface area contributed by atoms with Crippen LogP contribution in [0.15, 0.2) is 54.9 Å². The van der Waals surface area contributed by atoms with Crippen molar-refractivity contribution in [3.63, 3.8) is 0 Å². The number of hydrogen-bond donors (Lipinski definition) is 1. The van der Waals surface area contributed by atoms with Crippen molar-refractivity contribution >= 4 is 11.6 Å². The zero-order valence-electron chi connectivity index (χ0n) is 13.8. The molecule has 0 radical (unpaired) electrons. The van der Waals surface area contributed by atoms with Crippen molar-refractivity contribution in [1.82, 2.24) is 14.7 Å². The zero-order chi connectivity index (χ0) is 16.6. The van der Waals surface area contributed by atoms with Crippen molar-refractivity contribution in [1.29, 1.82) is 0 Å². The summed E-state index contributed by atoms with van der Waals surface area (Å²) in [6.07, 6.45) is 6.92. The van der Waals surface area contributed by atoms with Gasteiger partial charge in [-0.05, 0) is 37.0 Å². The Morgan fingerprint density at radius 2 is 2.00 bits per heavy atom. The lowest BCUT2D eigenvalue weighted by molar-refractivity contribution is -0.130. The van der Waals surface area contributed by atoms with Crippen molar-refractivity contribution in [2.24, 2.45) is 0 Å². The van der Waals surface area contributed by atoms with Gasteiger partial charge in [-0.2, -0.15) is 0 Å². The van der Waals surface area contributed by atoms with Gasteiger partial charge in [-0.15, -0.1) is 0 Å². The number of benzene rings is 1. The Hall–Kier alpha value is -2.62. The van der Waals surface area contributed by atoms with Gasteiger partial charge >= 0.3 is 0 Å². The highest BCUT2D eigenvalue weighted by Crippen LogP contribution is 2.43. The van der Waals surface area contributed by atoms with Crippen LogP contribution in [-0.2, 0) is 16.8 Å². The molecule has 1 fully saturated rings. The molecule has 1 N–H and O–H groups in total. The first-order chi connectivity index (χ1) is 11.7. The third-order valence-electron chi connectivity index (χ3n) is 5.13. The summed E-state index contributed by atoms with van der Waals surface area (Å²) >= 11 is 0. The molecule has 3 aromatic rings. The number of nitrogens with one attached hydrogen (secondary N) is 1. The molecule has 4 nitrogen and oxygen atoms in total. The normalized spacial score (nSPS) is 15.9. The number of aromatic nitrogens is 2. The monoisotopic (exact) mass is 319 g/mol. The Bertz CT molecular complexity index is 878. The van der Waals surface area contributed by atoms with Crippen LogP contribution in [0.1, 0.15) is 36.1 Å². The molecule has 4 rings (SSSR count). The highest BCUT2D eigenvalue weighted by atomic mass is 16.2. The number of hydrogen-bond acceptors (Lipinski definition) is 2. The van der Waals surface area contributed by atoms with Crippen LogP contribution >= 0.6 is 0 Å². The topological polar surface area (TPSA) is 46.4 Å². The zero-order valence-corrected chi connectivity index (χ0v) is 13.8. The summed E-state index contributed by atoms with van der Waals surface area (Å²) in [6, 6.07) is 14.2. The summed E-state index contributed by atoms with van der Waals surface area (Å²) in [6.45, 7) is 2.51. The van der Waals surface area contributed by atoms with Crippen molar-refractivity contribution in [3.8, 4) is 0 Å². The molecule has 2 aromatic heterocycles. The van der Waals surface area contributed by atoms with E-state index in [1.165, 1.54) is 0 Å². The summed E-state index contributed by atoms with van der Waals surface area (Å²) in [5.74, 6) is 0.119. The van der Waals surface area contributed by atoms with Crippen LogP contribution in [0.5, 0.6) is 0 Å². The molecule has 1 aromatic carbocycles. The molecule has 0 atom stereocenters. The first kappa shape index (κ1) is 14.9. The van der Waals surface area contributed by atoms with E-state index in [4.69, 9.17) is 0 Å². The van der Waals surface area contributed by atoms with Crippen LogP contribution < -0.4 is 5.32 Å². The van der Waals surface area contributed by atoms with Crippen LogP contribution in [0, 0.1) is 6.92 Å². The molecule has 1 amide bonds. The number of fused-ring (bicyclic) bond motifs is 1. The molecule has 0 bridgehead atoms. The fourth-order valence-corrected chi connectivity index (χ4v) is 3.56. The van der Waals surface area contributed by atoms with Gasteiger partial charge in [0.1, 0.15) is 5.65 Å². The van der Waals surface area contributed by atoms with Gasteiger partial charge in [0.15, 0.2) is 0 Å². The molecule has 1 aliphatic rings. The summed E-state index contributed by atoms with van der Waals surface area (Å²) in [7, 11) is 0. The van der Waals surface area contributed by atoms with Crippen LogP contribution in [0.3, 0.4) is 0 Å². The first-order valence-corrected chi connectivity index (χ1v) is 8.46. The molecule has 2 heterocycles. The van der Waals surface area contributed by atoms with Gasteiger partial charge in [0.2, 0.25) is 5.91 Å². The molecule has 122 valence electrons. The molecule has 0 saturated heterocycles. The smallest absolute Gasteiger partial charge is 0.230 e. The predicted octanol–water partition coefficient (Wildman–Crippen LogP) is 3.38. The lowest BCUT2D eigenvalue weighted by Crippen LogP contribution is -2.49. The maximum Gasteiger partial charge on any atom is 0.230 e. The second kappa shape index (κ2) is 5.78. The average molecular weight is 319 g/mol. The van der Waals surface area contributed by atoms with E-state index >= 15 is 0 Å². The third-order valence-corrected chi connectivity index (χ3v) is 5.13. The van der Waals surface area contributed by atoms with E-state index in [2.05, 4.69) is 22.4 Å². The fourth-order valence-electron chi connectivity index (χ4n) is 3.56. The van der Waals surface area contributed by atoms with Gasteiger partial charge in [0.05, 0.1) is 17.7 Å². The molecule has 0 aliphatic heterocycles. The summed E-state index contributed by atoms with van der Waals surface area (Å²) in [5, 5.41) is 3.11. The van der Waals surface area contributed by atoms with Gasteiger partial charge in [-0.25, -0.2) is 4.98 Å². The van der Waals surface area contributed by atoms with Crippen LogP contribution in [0.4, 0.5) is 0 Å². The van der Waals surface area contributed by atoms with Crippen molar-refractivity contribution in [3.05, 3.63) is 71.7 Å². The number of pyridine rings is 1. The van der Waals surface area contributed by atoms with Gasteiger partial charge in [-0.1, -0.05) is 42.8 Å². The van der Waals surface area contributed by atoms with Crippen molar-refractivity contribution in [2.75, 3.05) is 0 Å². The number of imidazole rings is 1. The Kier molecular flexibility index (Phi) is 3.60. The standard InChI is InChI=1S/C20H21N3O/c1-15-7-5-12-23-14-17(22-18(15)23)13-21-19(24)20(10-6-11-20)16-8-3-2-4-9-16/h2-5,7-9,12,14H,6,10-11,13H2,1H3,(H,21,24). The number of aryl methyl sites for hydroxylation is 1. The number of carbonyl (C=O) groups is 1. The van der Waals surface area contributed by atoms with E-state index in [-0.39, 0.29) is 11.3 Å². The van der Waals surface area contributed by atoms with Crippen LogP contribution in [-0.4, -0.2) is 15.3 Å². The minimum atomic E-state index is -0.351. The number of rotatable bonds is 4. The Morgan fingerprint density at radius 3 is 2.67 bits per heavy atom. The first-order valence-electron chi connectivity index (χ1n) is 8.46. The lowest BCUT2D eigenvalue weighted by atomic mass is 9.64. The molecule has 4 heteroatoms. The number of nitrogens with zero attached hydrogens (tertiary/aromatic N) is 2. The Labute approximate surface area is 141 Å². The molecule has 1 saturated carbocycles. The van der Waals surface area contributed by atoms with Gasteiger partial charge in [-0.3, -0.25) is 4.79 Å². The number of carbonyl (C=O) groups excluding carboxylic acids is 1. The molecular weight excluding hydrogens is 298 g/mol. The minimum Gasteiger partial charge on any atom is -0.350 e. The van der Waals surface area contributed by atoms with Gasteiger partial charge < -0.3 is 9.72 Å².